The van der Waals surface area contributed by atoms with Crippen LogP contribution in [-0.4, -0.2) is 13.0 Å². The molecule has 110 valence electrons. The largest absolute Gasteiger partial charge is 0.495 e. The van der Waals surface area contributed by atoms with Gasteiger partial charge in [0.1, 0.15) is 5.75 Å². The molecule has 0 aliphatic carbocycles. The monoisotopic (exact) mass is 324 g/mol. The Morgan fingerprint density at radius 2 is 1.95 bits per heavy atom. The van der Waals surface area contributed by atoms with Gasteiger partial charge in [0.05, 0.1) is 28.5 Å². The van der Waals surface area contributed by atoms with Crippen LogP contribution in [0.5, 0.6) is 5.75 Å². The number of methoxy groups -OCH3 is 1. The number of amides is 1. The molecule has 2 aromatic rings. The van der Waals surface area contributed by atoms with Gasteiger partial charge in [-0.05, 0) is 36.8 Å². The van der Waals surface area contributed by atoms with E-state index in [-0.39, 0.29) is 5.91 Å². The number of nitrogens with two attached hydrogens (primary N) is 1. The van der Waals surface area contributed by atoms with Gasteiger partial charge >= 0.3 is 0 Å². The zero-order chi connectivity index (χ0) is 15.6. The van der Waals surface area contributed by atoms with Gasteiger partial charge in [-0.15, -0.1) is 0 Å². The van der Waals surface area contributed by atoms with Gasteiger partial charge in [0.2, 0.25) is 0 Å². The number of carbonyl (C=O) groups excluding carboxylic acids is 1. The van der Waals surface area contributed by atoms with Gasteiger partial charge in [-0.25, -0.2) is 0 Å². The van der Waals surface area contributed by atoms with E-state index in [1.54, 1.807) is 24.3 Å². The number of carbonyl (C=O) groups is 1. The summed E-state index contributed by atoms with van der Waals surface area (Å²) in [4.78, 5) is 12.3. The molecule has 0 atom stereocenters. The van der Waals surface area contributed by atoms with Crippen molar-refractivity contribution in [3.05, 3.63) is 51.5 Å². The second-order valence-electron chi connectivity index (χ2n) is 4.46. The minimum atomic E-state index is -0.348. The van der Waals surface area contributed by atoms with Gasteiger partial charge < -0.3 is 15.8 Å². The van der Waals surface area contributed by atoms with E-state index >= 15 is 0 Å². The van der Waals surface area contributed by atoms with Gasteiger partial charge in [0.15, 0.2) is 0 Å². The first-order valence-corrected chi connectivity index (χ1v) is 6.89. The van der Waals surface area contributed by atoms with E-state index in [2.05, 4.69) is 5.32 Å². The molecule has 6 heteroatoms. The van der Waals surface area contributed by atoms with Crippen LogP contribution in [0.3, 0.4) is 0 Å². The molecule has 1 amide bonds. The molecule has 4 nitrogen and oxygen atoms in total. The SMILES string of the molecule is COc1ccc(C(=O)Nc2c(Cl)ccc(C)c2Cl)cc1N. The lowest BCUT2D eigenvalue weighted by atomic mass is 10.1. The van der Waals surface area contributed by atoms with Gasteiger partial charge in [0.25, 0.3) is 5.91 Å². The smallest absolute Gasteiger partial charge is 0.255 e. The maximum atomic E-state index is 12.3. The Balaban J connectivity index is 2.30. The number of nitrogen functional groups attached to an aromatic ring is 1. The van der Waals surface area contributed by atoms with Crippen LogP contribution >= 0.6 is 23.2 Å². The highest BCUT2D eigenvalue weighted by molar-refractivity contribution is 6.40. The molecule has 21 heavy (non-hydrogen) atoms. The van der Waals surface area contributed by atoms with Crippen molar-refractivity contribution in [1.82, 2.24) is 0 Å². The van der Waals surface area contributed by atoms with Crippen LogP contribution in [0, 0.1) is 6.92 Å². The van der Waals surface area contributed by atoms with E-state index in [1.165, 1.54) is 13.2 Å². The zero-order valence-corrected chi connectivity index (χ0v) is 13.0. The minimum Gasteiger partial charge on any atom is -0.495 e. The number of nitrogens with one attached hydrogen (secondary N) is 1. The molecule has 0 heterocycles. The first kappa shape index (κ1) is 15.5. The fraction of sp³-hybridized carbons (Fsp3) is 0.133. The molecule has 0 aliphatic rings. The molecule has 0 unspecified atom stereocenters. The molecular weight excluding hydrogens is 311 g/mol. The quantitative estimate of drug-likeness (QED) is 0.834. The fourth-order valence-electron chi connectivity index (χ4n) is 1.83. The standard InChI is InChI=1S/C15H14Cl2N2O2/c1-8-3-5-10(16)14(13(8)17)19-15(20)9-4-6-12(21-2)11(18)7-9/h3-7H,18H2,1-2H3,(H,19,20). The summed E-state index contributed by atoms with van der Waals surface area (Å²) in [5.41, 5.74) is 7.77. The second-order valence-corrected chi connectivity index (χ2v) is 5.25. The lowest BCUT2D eigenvalue weighted by Crippen LogP contribution is -2.13. The van der Waals surface area contributed by atoms with Gasteiger partial charge in [0, 0.05) is 5.56 Å². The molecule has 0 saturated carbocycles. The number of ether oxygens (including phenoxy) is 1. The van der Waals surface area contributed by atoms with E-state index in [4.69, 9.17) is 33.7 Å². The third-order valence-corrected chi connectivity index (χ3v) is 3.82. The molecule has 3 N–H and O–H groups in total. The highest BCUT2D eigenvalue weighted by Crippen LogP contribution is 2.33. The Kier molecular flexibility index (Phi) is 4.60. The highest BCUT2D eigenvalue weighted by Gasteiger charge is 2.14. The van der Waals surface area contributed by atoms with Gasteiger partial charge in [-0.1, -0.05) is 29.3 Å². The van der Waals surface area contributed by atoms with Crippen molar-refractivity contribution in [2.45, 2.75) is 6.92 Å². The van der Waals surface area contributed by atoms with Crippen LogP contribution in [0.1, 0.15) is 15.9 Å². The second kappa shape index (κ2) is 6.24. The van der Waals surface area contributed by atoms with Gasteiger partial charge in [-0.3, -0.25) is 4.79 Å². The van der Waals surface area contributed by atoms with Crippen molar-refractivity contribution in [2.24, 2.45) is 0 Å². The maximum Gasteiger partial charge on any atom is 0.255 e. The molecular formula is C15H14Cl2N2O2. The van der Waals surface area contributed by atoms with E-state index in [1.807, 2.05) is 6.92 Å². The average molecular weight is 325 g/mol. The minimum absolute atomic E-state index is 0.348. The Bertz CT molecular complexity index is 702. The van der Waals surface area contributed by atoms with Crippen molar-refractivity contribution < 1.29 is 9.53 Å². The van der Waals surface area contributed by atoms with Crippen LogP contribution < -0.4 is 15.8 Å². The first-order chi connectivity index (χ1) is 9.93. The molecule has 2 aromatic carbocycles. The van der Waals surface area contributed by atoms with Crippen molar-refractivity contribution in [3.8, 4) is 5.75 Å². The van der Waals surface area contributed by atoms with Crippen LogP contribution in [0.15, 0.2) is 30.3 Å². The van der Waals surface area contributed by atoms with E-state index in [9.17, 15) is 4.79 Å². The molecule has 0 spiro atoms. The first-order valence-electron chi connectivity index (χ1n) is 6.13. The molecule has 0 radical (unpaired) electrons. The fourth-order valence-corrected chi connectivity index (χ4v) is 2.30. The van der Waals surface area contributed by atoms with Crippen molar-refractivity contribution >= 4 is 40.5 Å². The molecule has 0 saturated heterocycles. The summed E-state index contributed by atoms with van der Waals surface area (Å²) in [5, 5.41) is 3.49. The number of halogens is 2. The molecule has 0 aliphatic heterocycles. The van der Waals surface area contributed by atoms with Crippen LogP contribution in [0.25, 0.3) is 0 Å². The summed E-state index contributed by atoms with van der Waals surface area (Å²) in [5.74, 6) is 0.164. The normalized spacial score (nSPS) is 10.3. The number of hydrogen-bond acceptors (Lipinski definition) is 3. The summed E-state index contributed by atoms with van der Waals surface area (Å²) >= 11 is 12.2. The van der Waals surface area contributed by atoms with Crippen molar-refractivity contribution in [2.75, 3.05) is 18.2 Å². The molecule has 0 aromatic heterocycles. The lowest BCUT2D eigenvalue weighted by molar-refractivity contribution is 0.102. The van der Waals surface area contributed by atoms with Gasteiger partial charge in [-0.2, -0.15) is 0 Å². The predicted molar refractivity (Wildman–Crippen MR) is 86.6 cm³/mol. The summed E-state index contributed by atoms with van der Waals surface area (Å²) in [6.45, 7) is 1.83. The Hall–Kier alpha value is -1.91. The van der Waals surface area contributed by atoms with E-state index < -0.39 is 0 Å². The van der Waals surface area contributed by atoms with E-state index in [0.29, 0.717) is 32.7 Å². The maximum absolute atomic E-state index is 12.3. The molecule has 2 rings (SSSR count). The number of benzene rings is 2. The topological polar surface area (TPSA) is 64.3 Å². The Morgan fingerprint density at radius 3 is 2.57 bits per heavy atom. The number of rotatable bonds is 3. The van der Waals surface area contributed by atoms with Crippen LogP contribution in [0.2, 0.25) is 10.0 Å². The Labute approximate surface area is 132 Å². The highest BCUT2D eigenvalue weighted by atomic mass is 35.5. The number of hydrogen-bond donors (Lipinski definition) is 2. The predicted octanol–water partition coefficient (Wildman–Crippen LogP) is 4.14. The summed E-state index contributed by atoms with van der Waals surface area (Å²) in [6, 6.07) is 8.24. The van der Waals surface area contributed by atoms with Crippen molar-refractivity contribution in [1.29, 1.82) is 0 Å². The Morgan fingerprint density at radius 1 is 1.24 bits per heavy atom. The third kappa shape index (κ3) is 3.23. The lowest BCUT2D eigenvalue weighted by Gasteiger charge is -2.12. The van der Waals surface area contributed by atoms with Crippen molar-refractivity contribution in [3.63, 3.8) is 0 Å². The summed E-state index contributed by atoms with van der Waals surface area (Å²) in [6.07, 6.45) is 0. The third-order valence-electron chi connectivity index (χ3n) is 3.01. The summed E-state index contributed by atoms with van der Waals surface area (Å²) in [7, 11) is 1.51. The average Bonchev–Trinajstić information content (AvgIpc) is 2.47. The van der Waals surface area contributed by atoms with Crippen LogP contribution in [-0.2, 0) is 0 Å². The van der Waals surface area contributed by atoms with E-state index in [0.717, 1.165) is 5.56 Å². The molecule has 0 fully saturated rings. The summed E-state index contributed by atoms with van der Waals surface area (Å²) < 4.78 is 5.05. The zero-order valence-electron chi connectivity index (χ0n) is 11.5. The number of anilines is 2. The molecule has 0 bridgehead atoms. The number of aryl methyl sites for hydroxylation is 1. The van der Waals surface area contributed by atoms with Crippen LogP contribution in [0.4, 0.5) is 11.4 Å².